The summed E-state index contributed by atoms with van der Waals surface area (Å²) < 4.78 is 5.57. The Balaban J connectivity index is 2.03. The smallest absolute Gasteiger partial charge is 0.253 e. The number of hydrogen-bond donors (Lipinski definition) is 2. The van der Waals surface area contributed by atoms with E-state index in [0.29, 0.717) is 18.7 Å². The fraction of sp³-hybridized carbons (Fsp3) is 0.538. The Morgan fingerprint density at radius 3 is 3.00 bits per heavy atom. The van der Waals surface area contributed by atoms with Crippen molar-refractivity contribution in [2.24, 2.45) is 5.73 Å². The Kier molecular flexibility index (Phi) is 4.34. The number of rotatable bonds is 4. The van der Waals surface area contributed by atoms with Gasteiger partial charge in [0.25, 0.3) is 5.91 Å². The predicted octanol–water partition coefficient (Wildman–Crippen LogP) is 0.592. The van der Waals surface area contributed by atoms with Crippen molar-refractivity contribution < 1.29 is 9.53 Å². The lowest BCUT2D eigenvalue weighted by molar-refractivity contribution is -0.126. The maximum absolute atomic E-state index is 12.1. The minimum Gasteiger partial charge on any atom is -0.376 e. The maximum atomic E-state index is 12.1. The van der Waals surface area contributed by atoms with Crippen LogP contribution < -0.4 is 16.0 Å². The molecule has 2 rings (SSSR count). The molecule has 1 amide bonds. The van der Waals surface area contributed by atoms with E-state index in [1.54, 1.807) is 12.4 Å². The van der Waals surface area contributed by atoms with E-state index in [4.69, 9.17) is 10.5 Å². The van der Waals surface area contributed by atoms with Gasteiger partial charge in [-0.15, -0.1) is 0 Å². The van der Waals surface area contributed by atoms with Crippen molar-refractivity contribution >= 4 is 17.3 Å². The molecule has 1 aromatic rings. The Morgan fingerprint density at radius 1 is 1.58 bits per heavy atom. The highest BCUT2D eigenvalue weighted by molar-refractivity contribution is 5.97. The molecule has 1 fully saturated rings. The molecule has 2 unspecified atom stereocenters. The summed E-state index contributed by atoms with van der Waals surface area (Å²) in [7, 11) is 3.84. The first-order valence-corrected chi connectivity index (χ1v) is 6.39. The molecule has 1 aliphatic rings. The lowest BCUT2D eigenvalue weighted by Crippen LogP contribution is -2.30. The maximum Gasteiger partial charge on any atom is 0.253 e. The van der Waals surface area contributed by atoms with Gasteiger partial charge < -0.3 is 20.7 Å². The summed E-state index contributed by atoms with van der Waals surface area (Å²) >= 11 is 0. The zero-order valence-electron chi connectivity index (χ0n) is 11.3. The van der Waals surface area contributed by atoms with Gasteiger partial charge in [0.2, 0.25) is 0 Å². The summed E-state index contributed by atoms with van der Waals surface area (Å²) in [4.78, 5) is 18.1. The molecule has 0 spiro atoms. The highest BCUT2D eigenvalue weighted by atomic mass is 16.5. The molecule has 1 saturated heterocycles. The van der Waals surface area contributed by atoms with E-state index in [1.807, 2.05) is 25.1 Å². The van der Waals surface area contributed by atoms with Crippen LogP contribution in [-0.4, -0.2) is 43.7 Å². The minimum absolute atomic E-state index is 0.00188. The Bertz CT molecular complexity index is 450. The van der Waals surface area contributed by atoms with Gasteiger partial charge >= 0.3 is 0 Å². The number of nitrogens with two attached hydrogens (primary N) is 1. The van der Waals surface area contributed by atoms with Gasteiger partial charge in [-0.05, 0) is 18.9 Å². The number of amides is 1. The molecule has 2 heterocycles. The standard InChI is InChI=1S/C13H20N4O2/c1-17(2)11-5-6-15-8-10(11)16-13(18)12-4-3-9(7-14)19-12/h5-6,8-9,12H,3-4,7,14H2,1-2H3,(H,16,18). The third kappa shape index (κ3) is 3.21. The molecule has 0 aliphatic carbocycles. The van der Waals surface area contributed by atoms with Gasteiger partial charge in [-0.25, -0.2) is 0 Å². The second kappa shape index (κ2) is 5.99. The largest absolute Gasteiger partial charge is 0.376 e. The summed E-state index contributed by atoms with van der Waals surface area (Å²) in [6.45, 7) is 0.458. The van der Waals surface area contributed by atoms with Crippen LogP contribution in [0.1, 0.15) is 12.8 Å². The molecule has 1 aliphatic heterocycles. The number of pyridine rings is 1. The summed E-state index contributed by atoms with van der Waals surface area (Å²) in [5.41, 5.74) is 7.14. The van der Waals surface area contributed by atoms with Crippen molar-refractivity contribution in [3.8, 4) is 0 Å². The summed E-state index contributed by atoms with van der Waals surface area (Å²) in [6.07, 6.45) is 4.47. The first-order chi connectivity index (χ1) is 9.11. The third-order valence-electron chi connectivity index (χ3n) is 3.20. The second-order valence-electron chi connectivity index (χ2n) is 4.84. The van der Waals surface area contributed by atoms with Crippen molar-refractivity contribution in [1.29, 1.82) is 0 Å². The average molecular weight is 264 g/mol. The second-order valence-corrected chi connectivity index (χ2v) is 4.84. The molecule has 0 bridgehead atoms. The van der Waals surface area contributed by atoms with Crippen molar-refractivity contribution in [1.82, 2.24) is 4.98 Å². The van der Waals surface area contributed by atoms with Gasteiger partial charge in [0.05, 0.1) is 23.7 Å². The van der Waals surface area contributed by atoms with E-state index < -0.39 is 6.10 Å². The Labute approximate surface area is 112 Å². The van der Waals surface area contributed by atoms with E-state index in [9.17, 15) is 4.79 Å². The van der Waals surface area contributed by atoms with E-state index in [0.717, 1.165) is 12.1 Å². The van der Waals surface area contributed by atoms with E-state index in [2.05, 4.69) is 10.3 Å². The average Bonchev–Trinajstić information content (AvgIpc) is 2.88. The number of nitrogens with one attached hydrogen (secondary N) is 1. The van der Waals surface area contributed by atoms with Crippen LogP contribution in [-0.2, 0) is 9.53 Å². The number of anilines is 2. The molecular weight excluding hydrogens is 244 g/mol. The Morgan fingerprint density at radius 2 is 2.37 bits per heavy atom. The molecule has 1 aromatic heterocycles. The van der Waals surface area contributed by atoms with Crippen LogP contribution in [0, 0.1) is 0 Å². The molecule has 0 saturated carbocycles. The van der Waals surface area contributed by atoms with Crippen LogP contribution in [0.15, 0.2) is 18.5 Å². The third-order valence-corrected chi connectivity index (χ3v) is 3.20. The SMILES string of the molecule is CN(C)c1ccncc1NC(=O)C1CCC(CN)O1. The molecule has 2 atom stereocenters. The number of hydrogen-bond acceptors (Lipinski definition) is 5. The molecule has 6 heteroatoms. The number of carbonyl (C=O) groups excluding carboxylic acids is 1. The van der Waals surface area contributed by atoms with Crippen LogP contribution in [0.3, 0.4) is 0 Å². The zero-order valence-corrected chi connectivity index (χ0v) is 11.3. The van der Waals surface area contributed by atoms with Crippen LogP contribution in [0.25, 0.3) is 0 Å². The topological polar surface area (TPSA) is 80.5 Å². The quantitative estimate of drug-likeness (QED) is 0.832. The fourth-order valence-electron chi connectivity index (χ4n) is 2.16. The van der Waals surface area contributed by atoms with Crippen LogP contribution in [0.2, 0.25) is 0 Å². The molecule has 0 aromatic carbocycles. The van der Waals surface area contributed by atoms with E-state index >= 15 is 0 Å². The lowest BCUT2D eigenvalue weighted by Gasteiger charge is -2.18. The zero-order chi connectivity index (χ0) is 13.8. The number of aromatic nitrogens is 1. The first kappa shape index (κ1) is 13.8. The van der Waals surface area contributed by atoms with Gasteiger partial charge in [0, 0.05) is 26.8 Å². The lowest BCUT2D eigenvalue weighted by atomic mass is 10.2. The summed E-state index contributed by atoms with van der Waals surface area (Å²) in [6, 6.07) is 1.85. The van der Waals surface area contributed by atoms with Crippen LogP contribution >= 0.6 is 0 Å². The number of nitrogens with zero attached hydrogens (tertiary/aromatic N) is 2. The molecule has 3 N–H and O–H groups in total. The first-order valence-electron chi connectivity index (χ1n) is 6.39. The van der Waals surface area contributed by atoms with E-state index in [1.165, 1.54) is 0 Å². The number of carbonyl (C=O) groups is 1. The molecule has 6 nitrogen and oxygen atoms in total. The van der Waals surface area contributed by atoms with Gasteiger partial charge in [0.1, 0.15) is 6.10 Å². The summed E-state index contributed by atoms with van der Waals surface area (Å²) in [5, 5.41) is 2.87. The predicted molar refractivity (Wildman–Crippen MR) is 74.1 cm³/mol. The van der Waals surface area contributed by atoms with Gasteiger partial charge in [0.15, 0.2) is 0 Å². The van der Waals surface area contributed by atoms with Gasteiger partial charge in [-0.1, -0.05) is 0 Å². The van der Waals surface area contributed by atoms with Crippen molar-refractivity contribution in [3.05, 3.63) is 18.5 Å². The minimum atomic E-state index is -0.413. The molecule has 104 valence electrons. The highest BCUT2D eigenvalue weighted by Gasteiger charge is 2.30. The Hall–Kier alpha value is -1.66. The van der Waals surface area contributed by atoms with Crippen molar-refractivity contribution in [3.63, 3.8) is 0 Å². The molecular formula is C13H20N4O2. The van der Waals surface area contributed by atoms with Gasteiger partial charge in [-0.2, -0.15) is 0 Å². The van der Waals surface area contributed by atoms with Gasteiger partial charge in [-0.3, -0.25) is 9.78 Å². The highest BCUT2D eigenvalue weighted by Crippen LogP contribution is 2.25. The summed E-state index contributed by atoms with van der Waals surface area (Å²) in [5.74, 6) is -0.132. The van der Waals surface area contributed by atoms with Crippen LogP contribution in [0.4, 0.5) is 11.4 Å². The van der Waals surface area contributed by atoms with Crippen molar-refractivity contribution in [2.45, 2.75) is 25.0 Å². The normalized spacial score (nSPS) is 22.3. The van der Waals surface area contributed by atoms with E-state index in [-0.39, 0.29) is 12.0 Å². The van der Waals surface area contributed by atoms with Crippen LogP contribution in [0.5, 0.6) is 0 Å². The number of ether oxygens (including phenoxy) is 1. The molecule has 19 heavy (non-hydrogen) atoms. The fourth-order valence-corrected chi connectivity index (χ4v) is 2.16. The molecule has 0 radical (unpaired) electrons. The monoisotopic (exact) mass is 264 g/mol. The van der Waals surface area contributed by atoms with Crippen molar-refractivity contribution in [2.75, 3.05) is 30.9 Å².